The Labute approximate surface area is 76.8 Å². The number of pyridine rings is 1. The lowest BCUT2D eigenvalue weighted by Crippen LogP contribution is -2.31. The maximum atomic E-state index is 11.8. The summed E-state index contributed by atoms with van der Waals surface area (Å²) >= 11 is 0. The van der Waals surface area contributed by atoms with Gasteiger partial charge in [-0.3, -0.25) is 9.59 Å². The molecule has 14 heavy (non-hydrogen) atoms. The third-order valence-electron chi connectivity index (χ3n) is 1.53. The fourth-order valence-electron chi connectivity index (χ4n) is 0.836. The summed E-state index contributed by atoms with van der Waals surface area (Å²) in [5.74, 6) is -1.94. The van der Waals surface area contributed by atoms with Gasteiger partial charge < -0.3 is 4.57 Å². The van der Waals surface area contributed by atoms with Gasteiger partial charge in [0.25, 0.3) is 11.3 Å². The molecule has 1 rings (SSSR count). The summed E-state index contributed by atoms with van der Waals surface area (Å²) in [5.41, 5.74) is -0.634. The van der Waals surface area contributed by atoms with Gasteiger partial charge in [0.05, 0.1) is 6.54 Å². The minimum atomic E-state index is -4.89. The van der Waals surface area contributed by atoms with Crippen LogP contribution in [0.5, 0.6) is 0 Å². The maximum absolute atomic E-state index is 11.8. The zero-order chi connectivity index (χ0) is 10.8. The van der Waals surface area contributed by atoms with Crippen molar-refractivity contribution >= 4 is 5.78 Å². The Morgan fingerprint density at radius 1 is 1.36 bits per heavy atom. The lowest BCUT2D eigenvalue weighted by atomic mass is 10.3. The van der Waals surface area contributed by atoms with Crippen molar-refractivity contribution in [1.82, 2.24) is 4.57 Å². The average Bonchev–Trinajstić information content (AvgIpc) is 2.07. The number of halogens is 3. The van der Waals surface area contributed by atoms with E-state index in [0.29, 0.717) is 4.57 Å². The van der Waals surface area contributed by atoms with Gasteiger partial charge in [-0.2, -0.15) is 13.2 Å². The molecule has 0 radical (unpaired) electrons. The quantitative estimate of drug-likeness (QED) is 0.721. The molecule has 0 spiro atoms. The fraction of sp³-hybridized carbons (Fsp3) is 0.250. The number of alkyl halides is 3. The third-order valence-corrected chi connectivity index (χ3v) is 1.53. The Hall–Kier alpha value is -1.59. The normalized spacial score (nSPS) is 11.4. The smallest absolute Gasteiger partial charge is 0.308 e. The number of carbonyl (C=O) groups is 1. The highest BCUT2D eigenvalue weighted by Gasteiger charge is 2.38. The van der Waals surface area contributed by atoms with Crippen LogP contribution < -0.4 is 5.56 Å². The standard InChI is InChI=1S/C8H6F3NO2/c9-8(10,11)6(13)5-12-4-2-1-3-7(12)14/h1-4H,5H2. The minimum absolute atomic E-state index is 0.634. The molecule has 0 aliphatic heterocycles. The Bertz CT molecular complexity index is 394. The van der Waals surface area contributed by atoms with Crippen LogP contribution in [0.25, 0.3) is 0 Å². The van der Waals surface area contributed by atoms with E-state index in [4.69, 9.17) is 0 Å². The molecule has 3 nitrogen and oxygen atoms in total. The van der Waals surface area contributed by atoms with E-state index in [-0.39, 0.29) is 0 Å². The highest BCUT2D eigenvalue weighted by molar-refractivity contribution is 5.83. The lowest BCUT2D eigenvalue weighted by molar-refractivity contribution is -0.171. The fourth-order valence-corrected chi connectivity index (χ4v) is 0.836. The number of ketones is 1. The number of aromatic nitrogens is 1. The summed E-state index contributed by atoms with van der Waals surface area (Å²) in [6, 6.07) is 3.85. The van der Waals surface area contributed by atoms with Crippen LogP contribution in [0.1, 0.15) is 0 Å². The molecule has 6 heteroatoms. The number of nitrogens with zero attached hydrogens (tertiary/aromatic N) is 1. The maximum Gasteiger partial charge on any atom is 0.451 e. The molecule has 0 saturated heterocycles. The van der Waals surface area contributed by atoms with Gasteiger partial charge in [0, 0.05) is 12.3 Å². The first-order chi connectivity index (χ1) is 6.41. The Morgan fingerprint density at radius 3 is 2.50 bits per heavy atom. The largest absolute Gasteiger partial charge is 0.451 e. The van der Waals surface area contributed by atoms with Crippen molar-refractivity contribution in [3.63, 3.8) is 0 Å². The minimum Gasteiger partial charge on any atom is -0.308 e. The van der Waals surface area contributed by atoms with Gasteiger partial charge >= 0.3 is 6.18 Å². The summed E-state index contributed by atoms with van der Waals surface area (Å²) in [7, 11) is 0. The molecular formula is C8H6F3NO2. The highest BCUT2D eigenvalue weighted by Crippen LogP contribution is 2.16. The van der Waals surface area contributed by atoms with E-state index in [1.807, 2.05) is 0 Å². The lowest BCUT2D eigenvalue weighted by Gasteiger charge is -2.06. The van der Waals surface area contributed by atoms with Crippen LogP contribution in [0, 0.1) is 0 Å². The van der Waals surface area contributed by atoms with Gasteiger partial charge in [-0.1, -0.05) is 6.07 Å². The first kappa shape index (κ1) is 10.5. The number of hydrogen-bond donors (Lipinski definition) is 0. The summed E-state index contributed by atoms with van der Waals surface area (Å²) in [6.07, 6.45) is -3.76. The molecule has 0 aromatic carbocycles. The van der Waals surface area contributed by atoms with Crippen LogP contribution in [-0.4, -0.2) is 16.5 Å². The van der Waals surface area contributed by atoms with Gasteiger partial charge in [0.1, 0.15) is 0 Å². The molecule has 0 aliphatic carbocycles. The second-order valence-corrected chi connectivity index (χ2v) is 2.59. The van der Waals surface area contributed by atoms with E-state index >= 15 is 0 Å². The molecule has 76 valence electrons. The van der Waals surface area contributed by atoms with Crippen molar-refractivity contribution in [2.24, 2.45) is 0 Å². The first-order valence-corrected chi connectivity index (χ1v) is 3.67. The van der Waals surface area contributed by atoms with Gasteiger partial charge in [-0.05, 0) is 6.07 Å². The molecule has 0 saturated carbocycles. The molecule has 0 fully saturated rings. The van der Waals surface area contributed by atoms with Crippen molar-refractivity contribution in [2.45, 2.75) is 12.7 Å². The van der Waals surface area contributed by atoms with Crippen LogP contribution in [0.2, 0.25) is 0 Å². The Balaban J connectivity index is 2.86. The van der Waals surface area contributed by atoms with Crippen LogP contribution in [0.3, 0.4) is 0 Å². The van der Waals surface area contributed by atoms with Crippen molar-refractivity contribution in [1.29, 1.82) is 0 Å². The molecular weight excluding hydrogens is 199 g/mol. The highest BCUT2D eigenvalue weighted by atomic mass is 19.4. The van der Waals surface area contributed by atoms with Crippen LogP contribution in [0.15, 0.2) is 29.2 Å². The van der Waals surface area contributed by atoms with E-state index in [1.54, 1.807) is 0 Å². The van der Waals surface area contributed by atoms with Crippen molar-refractivity contribution < 1.29 is 18.0 Å². The number of carbonyl (C=O) groups excluding carboxylic acids is 1. The molecule has 0 atom stereocenters. The van der Waals surface area contributed by atoms with Gasteiger partial charge in [0.15, 0.2) is 0 Å². The van der Waals surface area contributed by atoms with Crippen LogP contribution in [-0.2, 0) is 11.3 Å². The molecule has 0 amide bonds. The summed E-state index contributed by atoms with van der Waals surface area (Å²) in [4.78, 5) is 21.4. The second-order valence-electron chi connectivity index (χ2n) is 2.59. The van der Waals surface area contributed by atoms with E-state index in [1.165, 1.54) is 12.1 Å². The summed E-state index contributed by atoms with van der Waals surface area (Å²) in [6.45, 7) is -0.969. The van der Waals surface area contributed by atoms with Crippen molar-refractivity contribution in [2.75, 3.05) is 0 Å². The Kier molecular flexibility index (Phi) is 2.73. The van der Waals surface area contributed by atoms with E-state index in [9.17, 15) is 22.8 Å². The summed E-state index contributed by atoms with van der Waals surface area (Å²) < 4.78 is 36.1. The zero-order valence-electron chi connectivity index (χ0n) is 6.91. The predicted molar refractivity (Wildman–Crippen MR) is 41.8 cm³/mol. The SMILES string of the molecule is O=C(Cn1ccccc1=O)C(F)(F)F. The molecule has 0 aliphatic rings. The number of hydrogen-bond acceptors (Lipinski definition) is 2. The topological polar surface area (TPSA) is 39.1 Å². The Morgan fingerprint density at radius 2 is 2.00 bits per heavy atom. The molecule has 1 aromatic rings. The monoisotopic (exact) mass is 205 g/mol. The van der Waals surface area contributed by atoms with E-state index in [2.05, 4.69) is 0 Å². The van der Waals surface area contributed by atoms with Crippen LogP contribution >= 0.6 is 0 Å². The molecule has 1 aromatic heterocycles. The van der Waals surface area contributed by atoms with Gasteiger partial charge in [0.2, 0.25) is 0 Å². The van der Waals surface area contributed by atoms with Crippen LogP contribution in [0.4, 0.5) is 13.2 Å². The van der Waals surface area contributed by atoms with E-state index < -0.39 is 24.1 Å². The van der Waals surface area contributed by atoms with E-state index in [0.717, 1.165) is 12.3 Å². The van der Waals surface area contributed by atoms with Gasteiger partial charge in [-0.15, -0.1) is 0 Å². The summed E-state index contributed by atoms with van der Waals surface area (Å²) in [5, 5.41) is 0. The average molecular weight is 205 g/mol. The number of Topliss-reactive ketones (excluding diaryl/α,β-unsaturated/α-hetero) is 1. The van der Waals surface area contributed by atoms with Crippen molar-refractivity contribution in [3.8, 4) is 0 Å². The predicted octanol–water partition coefficient (Wildman–Crippen LogP) is 0.980. The van der Waals surface area contributed by atoms with Gasteiger partial charge in [-0.25, -0.2) is 0 Å². The number of rotatable bonds is 2. The zero-order valence-corrected chi connectivity index (χ0v) is 6.91. The molecule has 0 N–H and O–H groups in total. The molecule has 1 heterocycles. The molecule has 0 unspecified atom stereocenters. The first-order valence-electron chi connectivity index (χ1n) is 3.67. The third kappa shape index (κ3) is 2.45. The van der Waals surface area contributed by atoms with Crippen molar-refractivity contribution in [3.05, 3.63) is 34.7 Å². The second kappa shape index (κ2) is 3.65. The molecule has 0 bridgehead atoms.